The lowest BCUT2D eigenvalue weighted by Gasteiger charge is -2.17. The smallest absolute Gasteiger partial charge is 0.328 e. The maximum atomic E-state index is 12.5. The van der Waals surface area contributed by atoms with Crippen LogP contribution in [0, 0.1) is 5.92 Å². The van der Waals surface area contributed by atoms with Crippen LogP contribution in [0.5, 0.6) is 0 Å². The van der Waals surface area contributed by atoms with Crippen LogP contribution in [0.1, 0.15) is 41.8 Å². The molecular weight excluding hydrogens is 342 g/mol. The van der Waals surface area contributed by atoms with Gasteiger partial charge in [-0.3, -0.25) is 9.59 Å². The Labute approximate surface area is 159 Å². The molecule has 0 unspecified atom stereocenters. The van der Waals surface area contributed by atoms with Gasteiger partial charge in [0.25, 0.3) is 0 Å². The van der Waals surface area contributed by atoms with Gasteiger partial charge in [0.05, 0.1) is 7.11 Å². The van der Waals surface area contributed by atoms with Crippen molar-refractivity contribution in [2.24, 2.45) is 5.92 Å². The topological polar surface area (TPSA) is 72.5 Å². The third kappa shape index (κ3) is 6.06. The highest BCUT2D eigenvalue weighted by Crippen LogP contribution is 2.13. The molecule has 0 heterocycles. The van der Waals surface area contributed by atoms with Gasteiger partial charge in [0.1, 0.15) is 6.04 Å². The second-order valence-corrected chi connectivity index (χ2v) is 6.84. The van der Waals surface area contributed by atoms with Gasteiger partial charge in [-0.2, -0.15) is 0 Å². The molecule has 2 aromatic rings. The lowest BCUT2D eigenvalue weighted by Crippen LogP contribution is -2.43. The fourth-order valence-electron chi connectivity index (χ4n) is 2.74. The van der Waals surface area contributed by atoms with Gasteiger partial charge in [-0.25, -0.2) is 4.79 Å². The van der Waals surface area contributed by atoms with Gasteiger partial charge in [0, 0.05) is 24.0 Å². The molecule has 2 rings (SSSR count). The van der Waals surface area contributed by atoms with Crippen molar-refractivity contribution in [3.8, 4) is 0 Å². The zero-order valence-corrected chi connectivity index (χ0v) is 15.9. The Balaban J connectivity index is 2.08. The minimum atomic E-state index is -0.753. The first-order valence-electron chi connectivity index (χ1n) is 8.96. The van der Waals surface area contributed by atoms with E-state index in [1.54, 1.807) is 36.4 Å². The largest absolute Gasteiger partial charge is 0.467 e. The Bertz CT molecular complexity index is 782. The molecule has 5 heteroatoms. The molecule has 2 aromatic carbocycles. The Morgan fingerprint density at radius 3 is 2.07 bits per heavy atom. The van der Waals surface area contributed by atoms with Gasteiger partial charge in [-0.15, -0.1) is 0 Å². The van der Waals surface area contributed by atoms with Gasteiger partial charge in [-0.05, 0) is 11.5 Å². The number of carbonyl (C=O) groups is 3. The summed E-state index contributed by atoms with van der Waals surface area (Å²) < 4.78 is 4.80. The fourth-order valence-corrected chi connectivity index (χ4v) is 2.74. The van der Waals surface area contributed by atoms with Crippen LogP contribution < -0.4 is 5.32 Å². The van der Waals surface area contributed by atoms with E-state index < -0.39 is 12.0 Å². The predicted octanol–water partition coefficient (Wildman–Crippen LogP) is 3.16. The van der Waals surface area contributed by atoms with Crippen molar-refractivity contribution in [2.45, 2.75) is 32.7 Å². The lowest BCUT2D eigenvalue weighted by molar-refractivity contribution is -0.145. The van der Waals surface area contributed by atoms with Crippen LogP contribution in [-0.4, -0.2) is 30.8 Å². The number of esters is 1. The van der Waals surface area contributed by atoms with Crippen molar-refractivity contribution >= 4 is 17.7 Å². The number of ether oxygens (including phenoxy) is 1. The predicted molar refractivity (Wildman–Crippen MR) is 103 cm³/mol. The normalized spacial score (nSPS) is 11.7. The summed E-state index contributed by atoms with van der Waals surface area (Å²) in [7, 11) is 1.30. The molecule has 1 N–H and O–H groups in total. The highest BCUT2D eigenvalue weighted by atomic mass is 16.5. The summed E-state index contributed by atoms with van der Waals surface area (Å²) in [5.41, 5.74) is 2.03. The molecule has 0 aliphatic heterocycles. The SMILES string of the molecule is COC(=O)[C@@H](Cc1ccc(C(=O)c2ccccc2)cc1)NC(=O)CC(C)C. The number of ketones is 1. The Kier molecular flexibility index (Phi) is 7.29. The summed E-state index contributed by atoms with van der Waals surface area (Å²) in [5.74, 6) is -0.531. The molecule has 0 spiro atoms. The number of hydrogen-bond acceptors (Lipinski definition) is 4. The Morgan fingerprint density at radius 2 is 1.52 bits per heavy atom. The van der Waals surface area contributed by atoms with Crippen molar-refractivity contribution in [1.82, 2.24) is 5.32 Å². The van der Waals surface area contributed by atoms with Gasteiger partial charge in [-0.1, -0.05) is 68.4 Å². The summed E-state index contributed by atoms with van der Waals surface area (Å²) in [4.78, 5) is 36.5. The molecule has 0 bridgehead atoms. The number of hydrogen-bond donors (Lipinski definition) is 1. The van der Waals surface area contributed by atoms with Gasteiger partial charge < -0.3 is 10.1 Å². The van der Waals surface area contributed by atoms with Crippen LogP contribution in [0.3, 0.4) is 0 Å². The number of nitrogens with one attached hydrogen (secondary N) is 1. The minimum Gasteiger partial charge on any atom is -0.467 e. The molecule has 1 amide bonds. The van der Waals surface area contributed by atoms with Gasteiger partial charge >= 0.3 is 5.97 Å². The highest BCUT2D eigenvalue weighted by molar-refractivity contribution is 6.08. The van der Waals surface area contributed by atoms with Crippen LogP contribution >= 0.6 is 0 Å². The number of amides is 1. The average Bonchev–Trinajstić information content (AvgIpc) is 2.67. The molecule has 0 fully saturated rings. The standard InChI is InChI=1S/C22H25NO4/c1-15(2)13-20(24)23-19(22(26)27-3)14-16-9-11-18(12-10-16)21(25)17-7-5-4-6-8-17/h4-12,15,19H,13-14H2,1-3H3,(H,23,24)/t19-/m1/s1. The number of rotatable bonds is 8. The van der Waals surface area contributed by atoms with E-state index in [2.05, 4.69) is 5.32 Å². The molecule has 27 heavy (non-hydrogen) atoms. The van der Waals surface area contributed by atoms with Crippen molar-refractivity contribution in [1.29, 1.82) is 0 Å². The molecule has 0 radical (unpaired) electrons. The van der Waals surface area contributed by atoms with E-state index in [1.807, 2.05) is 32.0 Å². The van der Waals surface area contributed by atoms with Gasteiger partial charge in [0.2, 0.25) is 5.91 Å². The first-order valence-corrected chi connectivity index (χ1v) is 8.96. The molecule has 0 aliphatic carbocycles. The minimum absolute atomic E-state index is 0.0584. The maximum Gasteiger partial charge on any atom is 0.328 e. The van der Waals surface area contributed by atoms with Crippen molar-refractivity contribution in [3.05, 3.63) is 71.3 Å². The molecule has 0 saturated carbocycles. The Morgan fingerprint density at radius 1 is 0.926 bits per heavy atom. The first-order chi connectivity index (χ1) is 12.9. The van der Waals surface area contributed by atoms with Crippen molar-refractivity contribution in [2.75, 3.05) is 7.11 Å². The second-order valence-electron chi connectivity index (χ2n) is 6.84. The monoisotopic (exact) mass is 367 g/mol. The zero-order chi connectivity index (χ0) is 19.8. The molecule has 0 aromatic heterocycles. The van der Waals surface area contributed by atoms with E-state index in [9.17, 15) is 14.4 Å². The number of carbonyl (C=O) groups excluding carboxylic acids is 3. The van der Waals surface area contributed by atoms with Crippen LogP contribution in [0.4, 0.5) is 0 Å². The third-order valence-electron chi connectivity index (χ3n) is 4.11. The van der Waals surface area contributed by atoms with E-state index in [-0.39, 0.29) is 17.6 Å². The Hall–Kier alpha value is -2.95. The van der Waals surface area contributed by atoms with Crippen LogP contribution in [0.25, 0.3) is 0 Å². The van der Waals surface area contributed by atoms with Crippen molar-refractivity contribution < 1.29 is 19.1 Å². The fraction of sp³-hybridized carbons (Fsp3) is 0.318. The summed E-state index contributed by atoms with van der Waals surface area (Å²) in [6.45, 7) is 3.88. The van der Waals surface area contributed by atoms with Crippen LogP contribution in [-0.2, 0) is 20.7 Å². The number of methoxy groups -OCH3 is 1. The molecular formula is C22H25NO4. The van der Waals surface area contributed by atoms with Gasteiger partial charge in [0.15, 0.2) is 5.78 Å². The summed E-state index contributed by atoms with van der Waals surface area (Å²) in [6.07, 6.45) is 0.647. The van der Waals surface area contributed by atoms with Crippen LogP contribution in [0.15, 0.2) is 54.6 Å². The van der Waals surface area contributed by atoms with E-state index in [0.29, 0.717) is 24.0 Å². The molecule has 1 atom stereocenters. The molecule has 0 saturated heterocycles. The average molecular weight is 367 g/mol. The van der Waals surface area contributed by atoms with Crippen LogP contribution in [0.2, 0.25) is 0 Å². The molecule has 0 aliphatic rings. The van der Waals surface area contributed by atoms with E-state index in [0.717, 1.165) is 5.56 Å². The summed E-state index contributed by atoms with van der Waals surface area (Å²) in [6, 6.07) is 15.3. The quantitative estimate of drug-likeness (QED) is 0.575. The zero-order valence-electron chi connectivity index (χ0n) is 15.9. The van der Waals surface area contributed by atoms with Crippen molar-refractivity contribution in [3.63, 3.8) is 0 Å². The highest BCUT2D eigenvalue weighted by Gasteiger charge is 2.22. The third-order valence-corrected chi connectivity index (χ3v) is 4.11. The lowest BCUT2D eigenvalue weighted by atomic mass is 9.99. The maximum absolute atomic E-state index is 12.5. The molecule has 5 nitrogen and oxygen atoms in total. The van der Waals surface area contributed by atoms with E-state index in [1.165, 1.54) is 7.11 Å². The van der Waals surface area contributed by atoms with E-state index >= 15 is 0 Å². The second kappa shape index (κ2) is 9.67. The summed E-state index contributed by atoms with van der Waals surface area (Å²) in [5, 5.41) is 2.73. The molecule has 142 valence electrons. The van der Waals surface area contributed by atoms with E-state index in [4.69, 9.17) is 4.74 Å². The number of benzene rings is 2. The first kappa shape index (κ1) is 20.4. The summed E-state index contributed by atoms with van der Waals surface area (Å²) >= 11 is 0.